The van der Waals surface area contributed by atoms with Crippen LogP contribution < -0.4 is 5.73 Å². The Morgan fingerprint density at radius 1 is 1.32 bits per heavy atom. The zero-order valence-corrected chi connectivity index (χ0v) is 11.2. The molecular formula is C15H22N2O2. The van der Waals surface area contributed by atoms with E-state index in [1.54, 1.807) is 0 Å². The van der Waals surface area contributed by atoms with Gasteiger partial charge in [-0.1, -0.05) is 30.7 Å². The first-order chi connectivity index (χ1) is 9.20. The Morgan fingerprint density at radius 3 is 2.74 bits per heavy atom. The second-order valence-corrected chi connectivity index (χ2v) is 5.20. The molecule has 1 aliphatic rings. The first-order valence-electron chi connectivity index (χ1n) is 6.93. The van der Waals surface area contributed by atoms with E-state index in [0.29, 0.717) is 12.6 Å². The molecule has 104 valence electrons. The van der Waals surface area contributed by atoms with E-state index in [0.717, 1.165) is 30.6 Å². The third-order valence-corrected chi connectivity index (χ3v) is 3.85. The van der Waals surface area contributed by atoms with Gasteiger partial charge in [-0.15, -0.1) is 0 Å². The lowest BCUT2D eigenvalue weighted by molar-refractivity contribution is -0.136. The second-order valence-electron chi connectivity index (χ2n) is 5.20. The molecule has 0 aliphatic carbocycles. The van der Waals surface area contributed by atoms with Crippen LogP contribution in [0.5, 0.6) is 0 Å². The van der Waals surface area contributed by atoms with Crippen LogP contribution in [0.15, 0.2) is 24.3 Å². The summed E-state index contributed by atoms with van der Waals surface area (Å²) in [4.78, 5) is 13.3. The molecule has 0 saturated carbocycles. The summed E-state index contributed by atoms with van der Waals surface area (Å²) in [7, 11) is 0. The van der Waals surface area contributed by atoms with E-state index in [-0.39, 0.29) is 6.42 Å². The Hall–Kier alpha value is -1.39. The van der Waals surface area contributed by atoms with Crippen molar-refractivity contribution in [2.45, 2.75) is 38.3 Å². The third-order valence-electron chi connectivity index (χ3n) is 3.85. The van der Waals surface area contributed by atoms with Crippen LogP contribution in [0.2, 0.25) is 0 Å². The van der Waals surface area contributed by atoms with Crippen LogP contribution >= 0.6 is 0 Å². The van der Waals surface area contributed by atoms with Crippen molar-refractivity contribution < 1.29 is 9.90 Å². The monoisotopic (exact) mass is 262 g/mol. The Labute approximate surface area is 114 Å². The molecule has 1 aromatic rings. The van der Waals surface area contributed by atoms with Crippen molar-refractivity contribution in [3.8, 4) is 0 Å². The Morgan fingerprint density at radius 2 is 2.05 bits per heavy atom. The zero-order valence-electron chi connectivity index (χ0n) is 11.2. The molecule has 1 unspecified atom stereocenters. The molecule has 4 heteroatoms. The van der Waals surface area contributed by atoms with Crippen molar-refractivity contribution >= 4 is 5.97 Å². The topological polar surface area (TPSA) is 66.6 Å². The van der Waals surface area contributed by atoms with Gasteiger partial charge in [0.25, 0.3) is 0 Å². The SMILES string of the molecule is NCC1CCCCN1Cc1ccccc1CC(=O)O. The van der Waals surface area contributed by atoms with Gasteiger partial charge in [0.15, 0.2) is 0 Å². The van der Waals surface area contributed by atoms with Crippen LogP contribution in [-0.4, -0.2) is 35.1 Å². The molecule has 0 aromatic heterocycles. The minimum absolute atomic E-state index is 0.0945. The highest BCUT2D eigenvalue weighted by Crippen LogP contribution is 2.20. The number of likely N-dealkylation sites (tertiary alicyclic amines) is 1. The number of rotatable bonds is 5. The normalized spacial score (nSPS) is 20.4. The lowest BCUT2D eigenvalue weighted by Gasteiger charge is -2.35. The van der Waals surface area contributed by atoms with Crippen LogP contribution in [0.1, 0.15) is 30.4 Å². The van der Waals surface area contributed by atoms with Crippen LogP contribution in [0.4, 0.5) is 0 Å². The van der Waals surface area contributed by atoms with Crippen molar-refractivity contribution in [1.82, 2.24) is 4.90 Å². The molecule has 3 N–H and O–H groups in total. The number of nitrogens with two attached hydrogens (primary N) is 1. The molecule has 4 nitrogen and oxygen atoms in total. The number of nitrogens with zero attached hydrogens (tertiary/aromatic N) is 1. The number of carboxylic acids is 1. The van der Waals surface area contributed by atoms with Crippen LogP contribution in [0.25, 0.3) is 0 Å². The van der Waals surface area contributed by atoms with E-state index >= 15 is 0 Å². The van der Waals surface area contributed by atoms with Crippen molar-refractivity contribution in [2.75, 3.05) is 13.1 Å². The minimum Gasteiger partial charge on any atom is -0.481 e. The van der Waals surface area contributed by atoms with E-state index in [9.17, 15) is 4.79 Å². The molecule has 0 radical (unpaired) electrons. The number of hydrogen-bond donors (Lipinski definition) is 2. The van der Waals surface area contributed by atoms with Gasteiger partial charge in [0.2, 0.25) is 0 Å². The maximum atomic E-state index is 10.9. The van der Waals surface area contributed by atoms with Crippen molar-refractivity contribution in [1.29, 1.82) is 0 Å². The van der Waals surface area contributed by atoms with Crippen molar-refractivity contribution in [3.05, 3.63) is 35.4 Å². The van der Waals surface area contributed by atoms with E-state index in [2.05, 4.69) is 4.90 Å². The van der Waals surface area contributed by atoms with Crippen LogP contribution in [0, 0.1) is 0 Å². The van der Waals surface area contributed by atoms with E-state index in [1.807, 2.05) is 24.3 Å². The summed E-state index contributed by atoms with van der Waals surface area (Å²) in [6, 6.07) is 8.25. The summed E-state index contributed by atoms with van der Waals surface area (Å²) in [6.07, 6.45) is 3.70. The predicted molar refractivity (Wildman–Crippen MR) is 74.9 cm³/mol. The highest BCUT2D eigenvalue weighted by atomic mass is 16.4. The maximum absolute atomic E-state index is 10.9. The van der Waals surface area contributed by atoms with Gasteiger partial charge in [-0.2, -0.15) is 0 Å². The first kappa shape index (κ1) is 14.0. The van der Waals surface area contributed by atoms with Crippen molar-refractivity contribution in [3.63, 3.8) is 0 Å². The molecule has 1 aromatic carbocycles. The summed E-state index contributed by atoms with van der Waals surface area (Å²) in [6.45, 7) is 2.55. The van der Waals surface area contributed by atoms with Gasteiger partial charge in [0.05, 0.1) is 6.42 Å². The fraction of sp³-hybridized carbons (Fsp3) is 0.533. The van der Waals surface area contributed by atoms with E-state index < -0.39 is 5.97 Å². The van der Waals surface area contributed by atoms with Gasteiger partial charge in [-0.3, -0.25) is 9.69 Å². The Bertz CT molecular complexity index is 434. The second kappa shape index (κ2) is 6.68. The third kappa shape index (κ3) is 3.78. The molecular weight excluding hydrogens is 240 g/mol. The number of hydrogen-bond acceptors (Lipinski definition) is 3. The van der Waals surface area contributed by atoms with E-state index in [1.165, 1.54) is 12.8 Å². The predicted octanol–water partition coefficient (Wildman–Crippen LogP) is 1.63. The van der Waals surface area contributed by atoms with E-state index in [4.69, 9.17) is 10.8 Å². The molecule has 2 rings (SSSR count). The number of carbonyl (C=O) groups is 1. The average molecular weight is 262 g/mol. The molecule has 1 atom stereocenters. The molecule has 0 bridgehead atoms. The van der Waals surface area contributed by atoms with Gasteiger partial charge >= 0.3 is 5.97 Å². The summed E-state index contributed by atoms with van der Waals surface area (Å²) in [5, 5.41) is 8.96. The molecule has 1 heterocycles. The van der Waals surface area contributed by atoms with Gasteiger partial charge in [0, 0.05) is 19.1 Å². The number of benzene rings is 1. The number of aliphatic carboxylic acids is 1. The Balaban J connectivity index is 2.11. The van der Waals surface area contributed by atoms with Gasteiger partial charge in [-0.05, 0) is 30.5 Å². The smallest absolute Gasteiger partial charge is 0.307 e. The average Bonchev–Trinajstić information content (AvgIpc) is 2.41. The molecule has 1 saturated heterocycles. The number of piperidine rings is 1. The molecule has 19 heavy (non-hydrogen) atoms. The fourth-order valence-corrected chi connectivity index (χ4v) is 2.80. The first-order valence-corrected chi connectivity index (χ1v) is 6.93. The van der Waals surface area contributed by atoms with Gasteiger partial charge < -0.3 is 10.8 Å². The molecule has 0 amide bonds. The standard InChI is InChI=1S/C15H22N2O2/c16-10-14-7-3-4-8-17(14)11-13-6-2-1-5-12(13)9-15(18)19/h1-2,5-6,14H,3-4,7-11,16H2,(H,18,19). The lowest BCUT2D eigenvalue weighted by Crippen LogP contribution is -2.43. The van der Waals surface area contributed by atoms with Crippen molar-refractivity contribution in [2.24, 2.45) is 5.73 Å². The summed E-state index contributed by atoms with van der Waals surface area (Å²) in [5.41, 5.74) is 7.86. The zero-order chi connectivity index (χ0) is 13.7. The van der Waals surface area contributed by atoms with Gasteiger partial charge in [-0.25, -0.2) is 0 Å². The minimum atomic E-state index is -0.776. The quantitative estimate of drug-likeness (QED) is 0.846. The summed E-state index contributed by atoms with van der Waals surface area (Å²) in [5.74, 6) is -0.776. The molecule has 1 fully saturated rings. The Kier molecular flexibility index (Phi) is 4.93. The van der Waals surface area contributed by atoms with Gasteiger partial charge in [0.1, 0.15) is 0 Å². The fourth-order valence-electron chi connectivity index (χ4n) is 2.80. The number of carboxylic acid groups (broad SMARTS) is 1. The molecule has 0 spiro atoms. The maximum Gasteiger partial charge on any atom is 0.307 e. The largest absolute Gasteiger partial charge is 0.481 e. The van der Waals surface area contributed by atoms with Crippen LogP contribution in [-0.2, 0) is 17.8 Å². The lowest BCUT2D eigenvalue weighted by atomic mass is 9.99. The summed E-state index contributed by atoms with van der Waals surface area (Å²) >= 11 is 0. The summed E-state index contributed by atoms with van der Waals surface area (Å²) < 4.78 is 0. The molecule has 1 aliphatic heterocycles. The highest BCUT2D eigenvalue weighted by molar-refractivity contribution is 5.70. The van der Waals surface area contributed by atoms with Crippen LogP contribution in [0.3, 0.4) is 0 Å². The highest BCUT2D eigenvalue weighted by Gasteiger charge is 2.21.